The smallest absolute Gasteiger partial charge is 0.319 e. The molecule has 0 spiro atoms. The molecule has 1 saturated heterocycles. The summed E-state index contributed by atoms with van der Waals surface area (Å²) in [5.74, 6) is 1.38. The van der Waals surface area contributed by atoms with Crippen LogP contribution >= 0.6 is 11.6 Å². The summed E-state index contributed by atoms with van der Waals surface area (Å²) in [4.78, 5) is 14.2. The largest absolute Gasteiger partial charge is 0.457 e. The highest BCUT2D eigenvalue weighted by Gasteiger charge is 2.18. The van der Waals surface area contributed by atoms with Gasteiger partial charge in [-0.05, 0) is 55.6 Å². The van der Waals surface area contributed by atoms with E-state index in [0.29, 0.717) is 35.4 Å². The lowest BCUT2D eigenvalue weighted by Gasteiger charge is -2.30. The molecule has 1 atom stereocenters. The highest BCUT2D eigenvalue weighted by atomic mass is 35.5. The molecule has 3 rings (SSSR count). The normalized spacial score (nSPS) is 17.5. The minimum absolute atomic E-state index is 0.0228. The van der Waals surface area contributed by atoms with E-state index in [-0.39, 0.29) is 12.1 Å². The number of anilines is 1. The Kier molecular flexibility index (Phi) is 6.33. The predicted molar refractivity (Wildman–Crippen MR) is 102 cm³/mol. The molecule has 1 heterocycles. The van der Waals surface area contributed by atoms with E-state index in [4.69, 9.17) is 21.1 Å². The topological polar surface area (TPSA) is 62.8 Å². The molecule has 1 aliphatic rings. The molecule has 0 saturated carbocycles. The van der Waals surface area contributed by atoms with Crippen molar-refractivity contribution in [2.75, 3.05) is 38.6 Å². The second-order valence-electron chi connectivity index (χ2n) is 6.17. The highest BCUT2D eigenvalue weighted by molar-refractivity contribution is 6.30. The van der Waals surface area contributed by atoms with Gasteiger partial charge in [0.2, 0.25) is 0 Å². The Bertz CT molecular complexity index is 722. The third-order valence-corrected chi connectivity index (χ3v) is 4.25. The third kappa shape index (κ3) is 5.62. The first-order valence-corrected chi connectivity index (χ1v) is 8.85. The fourth-order valence-corrected chi connectivity index (χ4v) is 2.74. The third-order valence-electron chi connectivity index (χ3n) is 3.99. The van der Waals surface area contributed by atoms with Crippen molar-refractivity contribution in [2.45, 2.75) is 6.10 Å². The minimum Gasteiger partial charge on any atom is -0.457 e. The summed E-state index contributed by atoms with van der Waals surface area (Å²) >= 11 is 5.85. The van der Waals surface area contributed by atoms with Crippen LogP contribution in [-0.4, -0.2) is 50.3 Å². The average Bonchev–Trinajstić information content (AvgIpc) is 2.64. The molecule has 6 nitrogen and oxygen atoms in total. The van der Waals surface area contributed by atoms with E-state index in [0.717, 1.165) is 13.1 Å². The molecular weight excluding hydrogens is 354 g/mol. The van der Waals surface area contributed by atoms with E-state index >= 15 is 0 Å². The number of carbonyl (C=O) groups excluding carboxylic acids is 1. The van der Waals surface area contributed by atoms with Gasteiger partial charge in [-0.15, -0.1) is 0 Å². The van der Waals surface area contributed by atoms with Crippen LogP contribution in [0.15, 0.2) is 48.5 Å². The van der Waals surface area contributed by atoms with Crippen LogP contribution in [0.4, 0.5) is 10.5 Å². The number of halogens is 1. The van der Waals surface area contributed by atoms with Crippen molar-refractivity contribution in [3.63, 3.8) is 0 Å². The molecule has 0 aliphatic carbocycles. The lowest BCUT2D eigenvalue weighted by molar-refractivity contribution is -0.0166. The molecular formula is C19H22ClN3O3. The van der Waals surface area contributed by atoms with Crippen LogP contribution in [0.5, 0.6) is 11.5 Å². The van der Waals surface area contributed by atoms with Gasteiger partial charge in [-0.3, -0.25) is 0 Å². The number of rotatable bonds is 5. The van der Waals surface area contributed by atoms with Gasteiger partial charge < -0.3 is 25.0 Å². The molecule has 2 N–H and O–H groups in total. The number of hydrogen-bond donors (Lipinski definition) is 2. The van der Waals surface area contributed by atoms with Crippen LogP contribution in [0, 0.1) is 0 Å². The van der Waals surface area contributed by atoms with Crippen LogP contribution in [0.2, 0.25) is 5.02 Å². The maximum Gasteiger partial charge on any atom is 0.319 e. The summed E-state index contributed by atoms with van der Waals surface area (Å²) in [6.07, 6.45) is 0.0228. The lowest BCUT2D eigenvalue weighted by Crippen LogP contribution is -2.46. The van der Waals surface area contributed by atoms with Gasteiger partial charge in [0.1, 0.15) is 11.5 Å². The second-order valence-corrected chi connectivity index (χ2v) is 6.61. The van der Waals surface area contributed by atoms with Gasteiger partial charge in [0, 0.05) is 30.3 Å². The number of nitrogens with one attached hydrogen (secondary N) is 2. The summed E-state index contributed by atoms with van der Waals surface area (Å²) in [7, 11) is 2.04. The number of morpholine rings is 1. The number of ether oxygens (including phenoxy) is 2. The number of urea groups is 1. The average molecular weight is 376 g/mol. The maximum absolute atomic E-state index is 12.0. The Morgan fingerprint density at radius 3 is 2.50 bits per heavy atom. The molecule has 26 heavy (non-hydrogen) atoms. The SMILES string of the molecule is CN1CCO[C@@H](CNC(=O)Nc2ccc(Oc3ccc(Cl)cc3)cc2)C1. The van der Waals surface area contributed by atoms with Gasteiger partial charge in [0.15, 0.2) is 0 Å². The van der Waals surface area contributed by atoms with Crippen LogP contribution in [0.25, 0.3) is 0 Å². The summed E-state index contributed by atoms with van der Waals surface area (Å²) in [6, 6.07) is 14.0. The molecule has 1 aliphatic heterocycles. The zero-order valence-electron chi connectivity index (χ0n) is 14.6. The van der Waals surface area contributed by atoms with E-state index in [9.17, 15) is 4.79 Å². The van der Waals surface area contributed by atoms with Gasteiger partial charge >= 0.3 is 6.03 Å². The van der Waals surface area contributed by atoms with Crippen LogP contribution in [0.3, 0.4) is 0 Å². The monoisotopic (exact) mass is 375 g/mol. The highest BCUT2D eigenvalue weighted by Crippen LogP contribution is 2.24. The molecule has 0 unspecified atom stereocenters. The van der Waals surface area contributed by atoms with Crippen molar-refractivity contribution in [1.82, 2.24) is 10.2 Å². The van der Waals surface area contributed by atoms with Crippen LogP contribution in [0.1, 0.15) is 0 Å². The fourth-order valence-electron chi connectivity index (χ4n) is 2.62. The lowest BCUT2D eigenvalue weighted by atomic mass is 10.3. The Morgan fingerprint density at radius 1 is 1.19 bits per heavy atom. The summed E-state index contributed by atoms with van der Waals surface area (Å²) in [5.41, 5.74) is 0.688. The predicted octanol–water partition coefficient (Wildman–Crippen LogP) is 3.58. The van der Waals surface area contributed by atoms with Gasteiger partial charge in [0.25, 0.3) is 0 Å². The summed E-state index contributed by atoms with van der Waals surface area (Å²) in [5, 5.41) is 6.30. The quantitative estimate of drug-likeness (QED) is 0.838. The van der Waals surface area contributed by atoms with Crippen molar-refractivity contribution in [1.29, 1.82) is 0 Å². The number of hydrogen-bond acceptors (Lipinski definition) is 4. The molecule has 0 radical (unpaired) electrons. The molecule has 138 valence electrons. The fraction of sp³-hybridized carbons (Fsp3) is 0.316. The van der Waals surface area contributed by atoms with E-state index in [2.05, 4.69) is 15.5 Å². The Hall–Kier alpha value is -2.28. The molecule has 7 heteroatoms. The van der Waals surface area contributed by atoms with Crippen molar-refractivity contribution < 1.29 is 14.3 Å². The maximum atomic E-state index is 12.0. The number of likely N-dealkylation sites (N-methyl/N-ethyl adjacent to an activating group) is 1. The zero-order valence-corrected chi connectivity index (χ0v) is 15.3. The first kappa shape index (κ1) is 18.5. The molecule has 2 aromatic rings. The number of benzene rings is 2. The molecule has 0 bridgehead atoms. The Labute approximate surface area is 158 Å². The summed E-state index contributed by atoms with van der Waals surface area (Å²) in [6.45, 7) is 2.91. The van der Waals surface area contributed by atoms with Crippen molar-refractivity contribution in [3.05, 3.63) is 53.6 Å². The minimum atomic E-state index is -0.256. The van der Waals surface area contributed by atoms with E-state index < -0.39 is 0 Å². The Morgan fingerprint density at radius 2 is 1.85 bits per heavy atom. The van der Waals surface area contributed by atoms with E-state index in [1.807, 2.05) is 7.05 Å². The first-order valence-electron chi connectivity index (χ1n) is 8.47. The number of nitrogens with zero attached hydrogens (tertiary/aromatic N) is 1. The first-order chi connectivity index (χ1) is 12.6. The van der Waals surface area contributed by atoms with Crippen molar-refractivity contribution in [2.24, 2.45) is 0 Å². The molecule has 0 aromatic heterocycles. The number of carbonyl (C=O) groups is 1. The van der Waals surface area contributed by atoms with Crippen LogP contribution < -0.4 is 15.4 Å². The van der Waals surface area contributed by atoms with Gasteiger partial charge in [-0.25, -0.2) is 4.79 Å². The Balaban J connectivity index is 1.46. The van der Waals surface area contributed by atoms with Crippen molar-refractivity contribution >= 4 is 23.3 Å². The van der Waals surface area contributed by atoms with Gasteiger partial charge in [0.05, 0.1) is 12.7 Å². The zero-order chi connectivity index (χ0) is 18.4. The number of amides is 2. The van der Waals surface area contributed by atoms with Gasteiger partial charge in [-0.2, -0.15) is 0 Å². The van der Waals surface area contributed by atoms with Crippen molar-refractivity contribution in [3.8, 4) is 11.5 Å². The molecule has 2 amide bonds. The molecule has 2 aromatic carbocycles. The standard InChI is InChI=1S/C19H22ClN3O3/c1-23-10-11-25-18(13-23)12-21-19(24)22-15-4-8-17(9-5-15)26-16-6-2-14(20)3-7-16/h2-9,18H,10-13H2,1H3,(H2,21,22,24)/t18-/m0/s1. The molecule has 1 fully saturated rings. The second kappa shape index (κ2) is 8.89. The van der Waals surface area contributed by atoms with Crippen LogP contribution in [-0.2, 0) is 4.74 Å². The van der Waals surface area contributed by atoms with Gasteiger partial charge in [-0.1, -0.05) is 11.6 Å². The van der Waals surface area contributed by atoms with E-state index in [1.165, 1.54) is 0 Å². The summed E-state index contributed by atoms with van der Waals surface area (Å²) < 4.78 is 11.3. The van der Waals surface area contributed by atoms with E-state index in [1.54, 1.807) is 48.5 Å².